The van der Waals surface area contributed by atoms with Crippen molar-refractivity contribution in [1.29, 1.82) is 0 Å². The number of carbonyl (C=O) groups excluding carboxylic acids is 1. The monoisotopic (exact) mass is 240 g/mol. The predicted molar refractivity (Wildman–Crippen MR) is 66.8 cm³/mol. The Morgan fingerprint density at radius 1 is 1.53 bits per heavy atom. The van der Waals surface area contributed by atoms with E-state index in [0.29, 0.717) is 5.92 Å². The third-order valence-corrected chi connectivity index (χ3v) is 4.09. The van der Waals surface area contributed by atoms with Crippen LogP contribution in [0.4, 0.5) is 0 Å². The zero-order valence-electron chi connectivity index (χ0n) is 10.8. The summed E-state index contributed by atoms with van der Waals surface area (Å²) in [5.74, 6) is 0.686. The average Bonchev–Trinajstić information content (AvgIpc) is 2.87. The van der Waals surface area contributed by atoms with E-state index in [2.05, 4.69) is 17.6 Å². The van der Waals surface area contributed by atoms with Crippen molar-refractivity contribution in [2.24, 2.45) is 5.92 Å². The highest BCUT2D eigenvalue weighted by molar-refractivity contribution is 5.86. The second kappa shape index (κ2) is 5.83. The van der Waals surface area contributed by atoms with Crippen molar-refractivity contribution in [2.75, 3.05) is 26.3 Å². The lowest BCUT2D eigenvalue weighted by Crippen LogP contribution is -2.54. The van der Waals surface area contributed by atoms with Gasteiger partial charge in [0.2, 0.25) is 5.91 Å². The molecule has 1 amide bonds. The molecule has 0 aromatic heterocycles. The molecule has 0 aromatic carbocycles. The van der Waals surface area contributed by atoms with Gasteiger partial charge in [-0.15, -0.1) is 0 Å². The lowest BCUT2D eigenvalue weighted by Gasteiger charge is -2.29. The van der Waals surface area contributed by atoms with Crippen LogP contribution in [0.15, 0.2) is 0 Å². The van der Waals surface area contributed by atoms with E-state index in [0.717, 1.165) is 52.0 Å². The van der Waals surface area contributed by atoms with Gasteiger partial charge in [0.15, 0.2) is 0 Å². The molecule has 2 atom stereocenters. The van der Waals surface area contributed by atoms with Crippen molar-refractivity contribution >= 4 is 5.91 Å². The molecule has 2 fully saturated rings. The Bertz CT molecular complexity index is 256. The molecule has 2 saturated heterocycles. The molecule has 0 spiro atoms. The molecule has 0 aliphatic carbocycles. The molecule has 4 heteroatoms. The molecule has 98 valence electrons. The molecule has 0 aromatic rings. The molecular weight excluding hydrogens is 216 g/mol. The Hall–Kier alpha value is -0.610. The second-order valence-electron chi connectivity index (χ2n) is 5.26. The first kappa shape index (κ1) is 12.8. The summed E-state index contributed by atoms with van der Waals surface area (Å²) in [5, 5.41) is 6.47. The van der Waals surface area contributed by atoms with Crippen LogP contribution in [-0.2, 0) is 9.53 Å². The minimum Gasteiger partial charge on any atom is -0.381 e. The van der Waals surface area contributed by atoms with Gasteiger partial charge in [0.25, 0.3) is 0 Å². The van der Waals surface area contributed by atoms with Gasteiger partial charge in [0.1, 0.15) is 0 Å². The molecule has 2 aliphatic rings. The van der Waals surface area contributed by atoms with Gasteiger partial charge in [0, 0.05) is 13.2 Å². The topological polar surface area (TPSA) is 50.4 Å². The van der Waals surface area contributed by atoms with Gasteiger partial charge in [-0.2, -0.15) is 0 Å². The molecule has 0 radical (unpaired) electrons. The van der Waals surface area contributed by atoms with Gasteiger partial charge in [-0.1, -0.05) is 6.92 Å². The number of carbonyl (C=O) groups is 1. The van der Waals surface area contributed by atoms with Crippen molar-refractivity contribution in [3.05, 3.63) is 0 Å². The number of nitrogens with one attached hydrogen (secondary N) is 2. The molecule has 0 bridgehead atoms. The molecule has 2 unspecified atom stereocenters. The van der Waals surface area contributed by atoms with Gasteiger partial charge in [0.05, 0.1) is 12.1 Å². The quantitative estimate of drug-likeness (QED) is 0.772. The minimum atomic E-state index is -0.296. The number of hydrogen-bond acceptors (Lipinski definition) is 3. The summed E-state index contributed by atoms with van der Waals surface area (Å²) in [6.45, 7) is 5.50. The van der Waals surface area contributed by atoms with Gasteiger partial charge >= 0.3 is 0 Å². The van der Waals surface area contributed by atoms with Crippen LogP contribution in [0.25, 0.3) is 0 Å². The minimum absolute atomic E-state index is 0.183. The maximum absolute atomic E-state index is 12.2. The third kappa shape index (κ3) is 2.99. The highest BCUT2D eigenvalue weighted by Crippen LogP contribution is 2.23. The fourth-order valence-electron chi connectivity index (χ4n) is 2.84. The first-order valence-corrected chi connectivity index (χ1v) is 6.88. The van der Waals surface area contributed by atoms with Gasteiger partial charge in [-0.05, 0) is 44.6 Å². The van der Waals surface area contributed by atoms with Crippen LogP contribution in [0, 0.1) is 5.92 Å². The van der Waals surface area contributed by atoms with Crippen LogP contribution in [-0.4, -0.2) is 37.7 Å². The molecule has 2 N–H and O–H groups in total. The van der Waals surface area contributed by atoms with E-state index in [1.165, 1.54) is 6.42 Å². The zero-order valence-corrected chi connectivity index (χ0v) is 10.8. The van der Waals surface area contributed by atoms with E-state index in [9.17, 15) is 4.79 Å². The summed E-state index contributed by atoms with van der Waals surface area (Å²) < 4.78 is 5.42. The SMILES string of the molecule is CCC1(C(=O)NCC2CCCOC2)CCCN1. The Balaban J connectivity index is 1.79. The van der Waals surface area contributed by atoms with Gasteiger partial charge in [-0.3, -0.25) is 4.79 Å². The molecule has 2 heterocycles. The summed E-state index contributed by atoms with van der Waals surface area (Å²) in [5.41, 5.74) is -0.296. The lowest BCUT2D eigenvalue weighted by molar-refractivity contribution is -0.127. The summed E-state index contributed by atoms with van der Waals surface area (Å²) in [4.78, 5) is 12.2. The van der Waals surface area contributed by atoms with E-state index in [4.69, 9.17) is 4.74 Å². The molecule has 17 heavy (non-hydrogen) atoms. The van der Waals surface area contributed by atoms with Crippen LogP contribution in [0.1, 0.15) is 39.0 Å². The maximum atomic E-state index is 12.2. The first-order chi connectivity index (χ1) is 8.27. The van der Waals surface area contributed by atoms with E-state index in [-0.39, 0.29) is 11.4 Å². The Morgan fingerprint density at radius 2 is 2.41 bits per heavy atom. The maximum Gasteiger partial charge on any atom is 0.240 e. The summed E-state index contributed by atoms with van der Waals surface area (Å²) in [6.07, 6.45) is 5.24. The standard InChI is InChI=1S/C13H24N2O2/c1-2-13(6-4-7-15-13)12(16)14-9-11-5-3-8-17-10-11/h11,15H,2-10H2,1H3,(H,14,16). The fourth-order valence-corrected chi connectivity index (χ4v) is 2.84. The van der Waals surface area contributed by atoms with E-state index in [1.807, 2.05) is 0 Å². The fraction of sp³-hybridized carbons (Fsp3) is 0.923. The van der Waals surface area contributed by atoms with Crippen LogP contribution >= 0.6 is 0 Å². The van der Waals surface area contributed by atoms with E-state index < -0.39 is 0 Å². The molecule has 2 aliphatic heterocycles. The average molecular weight is 240 g/mol. The van der Waals surface area contributed by atoms with Crippen molar-refractivity contribution in [1.82, 2.24) is 10.6 Å². The number of amides is 1. The van der Waals surface area contributed by atoms with Gasteiger partial charge < -0.3 is 15.4 Å². The van der Waals surface area contributed by atoms with E-state index in [1.54, 1.807) is 0 Å². The first-order valence-electron chi connectivity index (χ1n) is 6.88. The summed E-state index contributed by atoms with van der Waals surface area (Å²) >= 11 is 0. The highest BCUT2D eigenvalue weighted by Gasteiger charge is 2.38. The van der Waals surface area contributed by atoms with E-state index >= 15 is 0 Å². The molecule has 4 nitrogen and oxygen atoms in total. The van der Waals surface area contributed by atoms with Crippen molar-refractivity contribution < 1.29 is 9.53 Å². The van der Waals surface area contributed by atoms with Crippen LogP contribution in [0.3, 0.4) is 0 Å². The van der Waals surface area contributed by atoms with Crippen LogP contribution < -0.4 is 10.6 Å². The molecule has 0 saturated carbocycles. The Kier molecular flexibility index (Phi) is 4.40. The molecular formula is C13H24N2O2. The smallest absolute Gasteiger partial charge is 0.240 e. The number of rotatable bonds is 4. The predicted octanol–water partition coefficient (Wildman–Crippen LogP) is 1.06. The second-order valence-corrected chi connectivity index (χ2v) is 5.26. The third-order valence-electron chi connectivity index (χ3n) is 4.09. The Labute approximate surface area is 103 Å². The van der Waals surface area contributed by atoms with Crippen LogP contribution in [0.5, 0.6) is 0 Å². The highest BCUT2D eigenvalue weighted by atomic mass is 16.5. The summed E-state index contributed by atoms with van der Waals surface area (Å²) in [6, 6.07) is 0. The Morgan fingerprint density at radius 3 is 3.00 bits per heavy atom. The largest absolute Gasteiger partial charge is 0.381 e. The van der Waals surface area contributed by atoms with Crippen LogP contribution in [0.2, 0.25) is 0 Å². The summed E-state index contributed by atoms with van der Waals surface area (Å²) in [7, 11) is 0. The van der Waals surface area contributed by atoms with Crippen molar-refractivity contribution in [3.8, 4) is 0 Å². The number of ether oxygens (including phenoxy) is 1. The normalized spacial score (nSPS) is 33.6. The van der Waals surface area contributed by atoms with Crippen molar-refractivity contribution in [2.45, 2.75) is 44.6 Å². The molecule has 2 rings (SSSR count). The van der Waals surface area contributed by atoms with Crippen molar-refractivity contribution in [3.63, 3.8) is 0 Å². The number of hydrogen-bond donors (Lipinski definition) is 2. The zero-order chi connectivity index (χ0) is 12.1. The van der Waals surface area contributed by atoms with Gasteiger partial charge in [-0.25, -0.2) is 0 Å². The lowest BCUT2D eigenvalue weighted by atomic mass is 9.92.